The van der Waals surface area contributed by atoms with E-state index in [9.17, 15) is 9.90 Å². The molecule has 0 fully saturated rings. The van der Waals surface area contributed by atoms with Crippen molar-refractivity contribution in [1.82, 2.24) is 5.32 Å². The van der Waals surface area contributed by atoms with E-state index in [1.54, 1.807) is 7.05 Å². The van der Waals surface area contributed by atoms with Crippen LogP contribution in [-0.2, 0) is 4.74 Å². The van der Waals surface area contributed by atoms with Gasteiger partial charge in [-0.25, -0.2) is 4.79 Å². The Balaban J connectivity index is 2.34. The Morgan fingerprint density at radius 1 is 1.40 bits per heavy atom. The van der Waals surface area contributed by atoms with Gasteiger partial charge < -0.3 is 15.2 Å². The van der Waals surface area contributed by atoms with Crippen molar-refractivity contribution in [3.05, 3.63) is 29.8 Å². The molecule has 2 rings (SSSR count). The maximum absolute atomic E-state index is 12.3. The molecule has 1 aliphatic heterocycles. The normalized spacial score (nSPS) is 22.4. The van der Waals surface area contributed by atoms with Gasteiger partial charge in [-0.3, -0.25) is 4.90 Å². The van der Waals surface area contributed by atoms with Crippen molar-refractivity contribution in [1.29, 1.82) is 0 Å². The molecule has 5 nitrogen and oxygen atoms in total. The van der Waals surface area contributed by atoms with Crippen LogP contribution in [0.25, 0.3) is 0 Å². The lowest BCUT2D eigenvalue weighted by Gasteiger charge is -2.38. The molecule has 1 aliphatic rings. The van der Waals surface area contributed by atoms with Crippen LogP contribution in [0.3, 0.4) is 0 Å². The SMILES string of the molecule is CN[C@@H]1c2ccccc2N(C(=O)OC(C)(C)C)C[C@H]1O. The second-order valence-corrected chi connectivity index (χ2v) is 5.98. The van der Waals surface area contributed by atoms with Crippen LogP contribution < -0.4 is 10.2 Å². The van der Waals surface area contributed by atoms with Crippen molar-refractivity contribution >= 4 is 11.8 Å². The Morgan fingerprint density at radius 3 is 2.65 bits per heavy atom. The lowest BCUT2D eigenvalue weighted by Crippen LogP contribution is -2.49. The fraction of sp³-hybridized carbons (Fsp3) is 0.533. The number of aliphatic hydroxyl groups is 1. The third kappa shape index (κ3) is 2.94. The number of nitrogens with one attached hydrogen (secondary N) is 1. The third-order valence-corrected chi connectivity index (χ3v) is 3.24. The Morgan fingerprint density at radius 2 is 2.05 bits per heavy atom. The van der Waals surface area contributed by atoms with Crippen molar-refractivity contribution in [2.75, 3.05) is 18.5 Å². The van der Waals surface area contributed by atoms with Crippen LogP contribution in [0.15, 0.2) is 24.3 Å². The number of anilines is 1. The molecule has 0 aromatic heterocycles. The van der Waals surface area contributed by atoms with Gasteiger partial charge >= 0.3 is 6.09 Å². The van der Waals surface area contributed by atoms with Crippen LogP contribution in [0.1, 0.15) is 32.4 Å². The minimum Gasteiger partial charge on any atom is -0.443 e. The summed E-state index contributed by atoms with van der Waals surface area (Å²) in [4.78, 5) is 13.8. The minimum atomic E-state index is -0.664. The number of aliphatic hydroxyl groups excluding tert-OH is 1. The summed E-state index contributed by atoms with van der Waals surface area (Å²) in [6, 6.07) is 7.38. The maximum atomic E-state index is 12.3. The Labute approximate surface area is 119 Å². The molecule has 1 aromatic rings. The number of amides is 1. The molecule has 0 bridgehead atoms. The highest BCUT2D eigenvalue weighted by atomic mass is 16.6. The van der Waals surface area contributed by atoms with E-state index in [0.717, 1.165) is 11.3 Å². The standard InChI is InChI=1S/C15H22N2O3/c1-15(2,3)20-14(19)17-9-12(18)13(16-4)10-7-5-6-8-11(10)17/h5-8,12-13,16,18H,9H2,1-4H3/t12-,13-/m1/s1. The van der Waals surface area contributed by atoms with Crippen molar-refractivity contribution < 1.29 is 14.6 Å². The van der Waals surface area contributed by atoms with E-state index in [1.807, 2.05) is 45.0 Å². The average molecular weight is 278 g/mol. The number of rotatable bonds is 1. The number of para-hydroxylation sites is 1. The highest BCUT2D eigenvalue weighted by molar-refractivity contribution is 5.90. The van der Waals surface area contributed by atoms with Gasteiger partial charge in [0, 0.05) is 0 Å². The van der Waals surface area contributed by atoms with Gasteiger partial charge in [0.05, 0.1) is 24.4 Å². The van der Waals surface area contributed by atoms with Crippen LogP contribution >= 0.6 is 0 Å². The Hall–Kier alpha value is -1.59. The second-order valence-electron chi connectivity index (χ2n) is 5.98. The number of hydrogen-bond donors (Lipinski definition) is 2. The van der Waals surface area contributed by atoms with Crippen molar-refractivity contribution in [3.8, 4) is 0 Å². The zero-order valence-corrected chi connectivity index (χ0v) is 12.4. The monoisotopic (exact) mass is 278 g/mol. The van der Waals surface area contributed by atoms with Gasteiger partial charge in [-0.1, -0.05) is 18.2 Å². The lowest BCUT2D eigenvalue weighted by molar-refractivity contribution is 0.0528. The molecule has 0 radical (unpaired) electrons. The number of likely N-dealkylation sites (N-methyl/N-ethyl adjacent to an activating group) is 1. The number of β-amino-alcohol motifs (C(OH)–C–C–N with tert-alkyl or cyclic N) is 1. The summed E-state index contributed by atoms with van der Waals surface area (Å²) in [6.45, 7) is 5.70. The van der Waals surface area contributed by atoms with Crippen molar-refractivity contribution in [2.45, 2.75) is 38.5 Å². The molecule has 0 spiro atoms. The van der Waals surface area contributed by atoms with E-state index in [4.69, 9.17) is 4.74 Å². The predicted molar refractivity (Wildman–Crippen MR) is 77.8 cm³/mol. The molecule has 1 amide bonds. The quantitative estimate of drug-likeness (QED) is 0.825. The van der Waals surface area contributed by atoms with Gasteiger partial charge in [0.1, 0.15) is 5.60 Å². The van der Waals surface area contributed by atoms with Crippen LogP contribution in [0.5, 0.6) is 0 Å². The third-order valence-electron chi connectivity index (χ3n) is 3.24. The molecular weight excluding hydrogens is 256 g/mol. The first kappa shape index (κ1) is 14.8. The van der Waals surface area contributed by atoms with E-state index in [2.05, 4.69) is 5.32 Å². The van der Waals surface area contributed by atoms with E-state index < -0.39 is 17.8 Å². The molecule has 2 atom stereocenters. The molecule has 1 aromatic carbocycles. The van der Waals surface area contributed by atoms with Gasteiger partial charge in [0.15, 0.2) is 0 Å². The largest absolute Gasteiger partial charge is 0.443 e. The summed E-state index contributed by atoms with van der Waals surface area (Å²) < 4.78 is 5.41. The number of ether oxygens (including phenoxy) is 1. The molecule has 0 unspecified atom stereocenters. The van der Waals surface area contributed by atoms with Crippen molar-refractivity contribution in [3.63, 3.8) is 0 Å². The summed E-state index contributed by atoms with van der Waals surface area (Å²) in [5.41, 5.74) is 1.13. The van der Waals surface area contributed by atoms with E-state index in [0.29, 0.717) is 0 Å². The minimum absolute atomic E-state index is 0.176. The lowest BCUT2D eigenvalue weighted by atomic mass is 9.94. The van der Waals surface area contributed by atoms with Gasteiger partial charge in [-0.2, -0.15) is 0 Å². The van der Waals surface area contributed by atoms with Gasteiger partial charge in [0.2, 0.25) is 0 Å². The topological polar surface area (TPSA) is 61.8 Å². The van der Waals surface area contributed by atoms with Crippen LogP contribution in [0.2, 0.25) is 0 Å². The number of nitrogens with zero attached hydrogens (tertiary/aromatic N) is 1. The first-order valence-electron chi connectivity index (χ1n) is 6.78. The molecule has 0 saturated heterocycles. The smallest absolute Gasteiger partial charge is 0.414 e. The van der Waals surface area contributed by atoms with E-state index >= 15 is 0 Å². The first-order valence-corrected chi connectivity index (χ1v) is 6.78. The van der Waals surface area contributed by atoms with Crippen molar-refractivity contribution in [2.24, 2.45) is 0 Å². The number of carbonyl (C=O) groups is 1. The number of benzene rings is 1. The van der Waals surface area contributed by atoms with E-state index in [1.165, 1.54) is 4.90 Å². The molecule has 2 N–H and O–H groups in total. The highest BCUT2D eigenvalue weighted by Gasteiger charge is 2.35. The van der Waals surface area contributed by atoms with Crippen LogP contribution in [-0.4, -0.2) is 36.5 Å². The van der Waals surface area contributed by atoms with Gasteiger partial charge in [0.25, 0.3) is 0 Å². The van der Waals surface area contributed by atoms with E-state index in [-0.39, 0.29) is 12.6 Å². The average Bonchev–Trinajstić information content (AvgIpc) is 2.35. The highest BCUT2D eigenvalue weighted by Crippen LogP contribution is 2.34. The summed E-state index contributed by atoms with van der Waals surface area (Å²) in [7, 11) is 1.80. The Bertz CT molecular complexity index is 496. The number of carbonyl (C=O) groups excluding carboxylic acids is 1. The summed E-state index contributed by atoms with van der Waals surface area (Å²) in [5, 5.41) is 13.3. The maximum Gasteiger partial charge on any atom is 0.414 e. The van der Waals surface area contributed by atoms with Gasteiger partial charge in [-0.05, 0) is 39.4 Å². The summed E-state index contributed by atoms with van der Waals surface area (Å²) in [6.07, 6.45) is -1.10. The van der Waals surface area contributed by atoms with Gasteiger partial charge in [-0.15, -0.1) is 0 Å². The number of fused-ring (bicyclic) bond motifs is 1. The number of hydrogen-bond acceptors (Lipinski definition) is 4. The zero-order valence-electron chi connectivity index (χ0n) is 12.4. The summed E-state index contributed by atoms with van der Waals surface area (Å²) in [5.74, 6) is 0. The molecule has 0 aliphatic carbocycles. The fourth-order valence-electron chi connectivity index (χ4n) is 2.43. The molecule has 5 heteroatoms. The Kier molecular flexibility index (Phi) is 4.01. The second kappa shape index (κ2) is 5.42. The molecule has 20 heavy (non-hydrogen) atoms. The predicted octanol–water partition coefficient (Wildman–Crippen LogP) is 2.06. The first-order chi connectivity index (χ1) is 9.33. The molecular formula is C15H22N2O3. The van der Waals surface area contributed by atoms with Crippen LogP contribution in [0, 0.1) is 0 Å². The fourth-order valence-corrected chi connectivity index (χ4v) is 2.43. The molecule has 0 saturated carbocycles. The molecule has 110 valence electrons. The van der Waals surface area contributed by atoms with Crippen LogP contribution in [0.4, 0.5) is 10.5 Å². The summed E-state index contributed by atoms with van der Waals surface area (Å²) >= 11 is 0. The zero-order chi connectivity index (χ0) is 14.9. The molecule has 1 heterocycles.